The number of ether oxygens (including phenoxy) is 1. The standard InChI is InChI=1S/C6H13NOS/c1-8-6-4-2-3-5-7(6)9/h6,9H,2-5H2,1H3. The van der Waals surface area contributed by atoms with Crippen LogP contribution in [0.15, 0.2) is 0 Å². The van der Waals surface area contributed by atoms with E-state index in [2.05, 4.69) is 12.8 Å². The van der Waals surface area contributed by atoms with Crippen LogP contribution in [0.25, 0.3) is 0 Å². The van der Waals surface area contributed by atoms with Crippen molar-refractivity contribution >= 4 is 12.8 Å². The van der Waals surface area contributed by atoms with Crippen molar-refractivity contribution in [2.24, 2.45) is 0 Å². The average Bonchev–Trinajstić information content (AvgIpc) is 1.89. The van der Waals surface area contributed by atoms with Gasteiger partial charge in [0.25, 0.3) is 0 Å². The van der Waals surface area contributed by atoms with Gasteiger partial charge in [-0.25, -0.2) is 4.31 Å². The SMILES string of the molecule is COC1CCCCN1S. The average molecular weight is 147 g/mol. The monoisotopic (exact) mass is 147 g/mol. The summed E-state index contributed by atoms with van der Waals surface area (Å²) in [5.74, 6) is 0. The highest BCUT2D eigenvalue weighted by Crippen LogP contribution is 2.18. The number of hydrogen-bond acceptors (Lipinski definition) is 3. The van der Waals surface area contributed by atoms with E-state index in [0.717, 1.165) is 13.0 Å². The Hall–Kier alpha value is 0.270. The summed E-state index contributed by atoms with van der Waals surface area (Å²) in [5, 5.41) is 0. The van der Waals surface area contributed by atoms with Crippen molar-refractivity contribution in [3.8, 4) is 0 Å². The Morgan fingerprint density at radius 3 is 2.78 bits per heavy atom. The first-order valence-corrected chi connectivity index (χ1v) is 3.73. The highest BCUT2D eigenvalue weighted by Gasteiger charge is 2.17. The molecule has 3 heteroatoms. The summed E-state index contributed by atoms with van der Waals surface area (Å²) in [6, 6.07) is 0. The first-order valence-electron chi connectivity index (χ1n) is 3.33. The zero-order valence-corrected chi connectivity index (χ0v) is 6.60. The first-order chi connectivity index (χ1) is 4.34. The molecule has 2 nitrogen and oxygen atoms in total. The molecule has 0 radical (unpaired) electrons. The molecule has 0 aromatic rings. The van der Waals surface area contributed by atoms with E-state index in [4.69, 9.17) is 4.74 Å². The molecule has 1 fully saturated rings. The maximum atomic E-state index is 5.15. The molecule has 1 saturated heterocycles. The molecule has 1 heterocycles. The van der Waals surface area contributed by atoms with Gasteiger partial charge in [-0.1, -0.05) is 12.8 Å². The second kappa shape index (κ2) is 3.44. The molecule has 1 aliphatic heterocycles. The van der Waals surface area contributed by atoms with Crippen molar-refractivity contribution in [2.45, 2.75) is 25.5 Å². The van der Waals surface area contributed by atoms with Crippen molar-refractivity contribution in [1.82, 2.24) is 4.31 Å². The molecule has 0 aliphatic carbocycles. The third kappa shape index (κ3) is 1.85. The van der Waals surface area contributed by atoms with Crippen LogP contribution >= 0.6 is 12.8 Å². The van der Waals surface area contributed by atoms with E-state index >= 15 is 0 Å². The summed E-state index contributed by atoms with van der Waals surface area (Å²) in [6.07, 6.45) is 3.90. The maximum Gasteiger partial charge on any atom is 0.118 e. The molecule has 1 atom stereocenters. The highest BCUT2D eigenvalue weighted by atomic mass is 32.1. The smallest absolute Gasteiger partial charge is 0.118 e. The Labute approximate surface area is 61.7 Å². The Balaban J connectivity index is 2.30. The fourth-order valence-corrected chi connectivity index (χ4v) is 1.48. The van der Waals surface area contributed by atoms with Crippen LogP contribution in [0.3, 0.4) is 0 Å². The van der Waals surface area contributed by atoms with Gasteiger partial charge in [0.2, 0.25) is 0 Å². The summed E-state index contributed by atoms with van der Waals surface area (Å²) in [7, 11) is 1.74. The van der Waals surface area contributed by atoms with Crippen LogP contribution in [0.5, 0.6) is 0 Å². The zero-order valence-electron chi connectivity index (χ0n) is 5.71. The van der Waals surface area contributed by atoms with Crippen LogP contribution in [0, 0.1) is 0 Å². The molecule has 54 valence electrons. The number of rotatable bonds is 1. The van der Waals surface area contributed by atoms with Crippen LogP contribution in [0.1, 0.15) is 19.3 Å². The largest absolute Gasteiger partial charge is 0.366 e. The van der Waals surface area contributed by atoms with E-state index < -0.39 is 0 Å². The lowest BCUT2D eigenvalue weighted by atomic mass is 10.1. The summed E-state index contributed by atoms with van der Waals surface area (Å²) < 4.78 is 7.11. The van der Waals surface area contributed by atoms with Gasteiger partial charge in [-0.3, -0.25) is 0 Å². The molecule has 0 spiro atoms. The zero-order chi connectivity index (χ0) is 6.69. The molecule has 0 aromatic carbocycles. The summed E-state index contributed by atoms with van der Waals surface area (Å²) in [5.41, 5.74) is 0. The van der Waals surface area contributed by atoms with Gasteiger partial charge in [0.15, 0.2) is 0 Å². The van der Waals surface area contributed by atoms with Gasteiger partial charge in [0.1, 0.15) is 6.23 Å². The van der Waals surface area contributed by atoms with E-state index in [1.54, 1.807) is 7.11 Å². The molecular formula is C6H13NOS. The van der Waals surface area contributed by atoms with Gasteiger partial charge in [0.05, 0.1) is 0 Å². The van der Waals surface area contributed by atoms with Crippen LogP contribution in [-0.4, -0.2) is 24.2 Å². The Morgan fingerprint density at radius 2 is 2.33 bits per heavy atom. The van der Waals surface area contributed by atoms with Crippen molar-refractivity contribution in [3.63, 3.8) is 0 Å². The fourth-order valence-electron chi connectivity index (χ4n) is 1.13. The van der Waals surface area contributed by atoms with E-state index in [0.29, 0.717) is 0 Å². The Kier molecular flexibility index (Phi) is 2.82. The Morgan fingerprint density at radius 1 is 1.56 bits per heavy atom. The topological polar surface area (TPSA) is 12.5 Å². The molecule has 0 amide bonds. The summed E-state index contributed by atoms with van der Waals surface area (Å²) in [6.45, 7) is 1.06. The van der Waals surface area contributed by atoms with Gasteiger partial charge in [-0.15, -0.1) is 0 Å². The molecule has 0 N–H and O–H groups in total. The van der Waals surface area contributed by atoms with Gasteiger partial charge < -0.3 is 4.74 Å². The van der Waals surface area contributed by atoms with Crippen molar-refractivity contribution in [3.05, 3.63) is 0 Å². The van der Waals surface area contributed by atoms with Crippen molar-refractivity contribution < 1.29 is 4.74 Å². The van der Waals surface area contributed by atoms with Crippen molar-refractivity contribution in [2.75, 3.05) is 13.7 Å². The molecule has 1 aliphatic rings. The normalized spacial score (nSPS) is 30.7. The number of thiol groups is 1. The first kappa shape index (κ1) is 7.38. The van der Waals surface area contributed by atoms with Crippen LogP contribution in [0.2, 0.25) is 0 Å². The third-order valence-electron chi connectivity index (χ3n) is 1.69. The molecule has 0 aromatic heterocycles. The molecule has 1 rings (SSSR count). The van der Waals surface area contributed by atoms with Crippen molar-refractivity contribution in [1.29, 1.82) is 0 Å². The van der Waals surface area contributed by atoms with Gasteiger partial charge in [-0.05, 0) is 19.3 Å². The number of piperidine rings is 1. The third-order valence-corrected chi connectivity index (χ3v) is 2.15. The maximum absolute atomic E-state index is 5.15. The highest BCUT2D eigenvalue weighted by molar-refractivity contribution is 7.77. The Bertz CT molecular complexity index is 89.1. The molecular weight excluding hydrogens is 134 g/mol. The molecule has 9 heavy (non-hydrogen) atoms. The quantitative estimate of drug-likeness (QED) is 0.561. The van der Waals surface area contributed by atoms with Gasteiger partial charge >= 0.3 is 0 Å². The second-order valence-electron chi connectivity index (χ2n) is 2.35. The lowest BCUT2D eigenvalue weighted by Crippen LogP contribution is -2.33. The van der Waals surface area contributed by atoms with Crippen LogP contribution in [0.4, 0.5) is 0 Å². The van der Waals surface area contributed by atoms with E-state index in [1.165, 1.54) is 12.8 Å². The lowest BCUT2D eigenvalue weighted by Gasteiger charge is -2.29. The summed E-state index contributed by atoms with van der Waals surface area (Å²) >= 11 is 4.24. The van der Waals surface area contributed by atoms with Gasteiger partial charge in [-0.2, -0.15) is 0 Å². The summed E-state index contributed by atoms with van der Waals surface area (Å²) in [4.78, 5) is 0. The second-order valence-corrected chi connectivity index (χ2v) is 2.86. The van der Waals surface area contributed by atoms with E-state index in [-0.39, 0.29) is 6.23 Å². The predicted molar refractivity (Wildman–Crippen MR) is 40.3 cm³/mol. The minimum absolute atomic E-state index is 0.252. The van der Waals surface area contributed by atoms with Crippen LogP contribution < -0.4 is 0 Å². The van der Waals surface area contributed by atoms with E-state index in [9.17, 15) is 0 Å². The minimum atomic E-state index is 0.252. The van der Waals surface area contributed by atoms with Gasteiger partial charge in [0, 0.05) is 13.7 Å². The lowest BCUT2D eigenvalue weighted by molar-refractivity contribution is -0.00105. The predicted octanol–water partition coefficient (Wildman–Crippen LogP) is 1.29. The molecule has 0 bridgehead atoms. The number of nitrogens with zero attached hydrogens (tertiary/aromatic N) is 1. The minimum Gasteiger partial charge on any atom is -0.366 e. The molecule has 1 unspecified atom stereocenters. The number of methoxy groups -OCH3 is 1. The number of hydrogen-bond donors (Lipinski definition) is 1. The van der Waals surface area contributed by atoms with Crippen LogP contribution in [-0.2, 0) is 4.74 Å². The molecule has 0 saturated carbocycles. The fraction of sp³-hybridized carbons (Fsp3) is 1.00. The van der Waals surface area contributed by atoms with E-state index in [1.807, 2.05) is 4.31 Å².